The maximum atomic E-state index is 13.7. The van der Waals surface area contributed by atoms with Crippen molar-refractivity contribution in [2.45, 2.75) is 72.8 Å². The predicted octanol–water partition coefficient (Wildman–Crippen LogP) is 6.71. The topological polar surface area (TPSA) is 72.6 Å². The molecular weight excluding hydrogens is 582 g/mol. The maximum absolute atomic E-state index is 13.7. The molecule has 0 aliphatic carbocycles. The van der Waals surface area contributed by atoms with E-state index in [0.29, 0.717) is 60.0 Å². The van der Waals surface area contributed by atoms with Gasteiger partial charge in [0.1, 0.15) is 27.6 Å². The van der Waals surface area contributed by atoms with Crippen LogP contribution >= 0.6 is 24.0 Å². The Morgan fingerprint density at radius 3 is 2.30 bits per heavy atom. The van der Waals surface area contributed by atoms with Crippen LogP contribution in [0.1, 0.15) is 76.0 Å². The van der Waals surface area contributed by atoms with Crippen LogP contribution in [0.2, 0.25) is 0 Å². The third-order valence-electron chi connectivity index (χ3n) is 8.49. The van der Waals surface area contributed by atoms with Gasteiger partial charge < -0.3 is 9.80 Å². The lowest BCUT2D eigenvalue weighted by molar-refractivity contribution is -0.122. The Morgan fingerprint density at radius 2 is 1.70 bits per heavy atom. The second-order valence-corrected chi connectivity index (χ2v) is 13.0. The van der Waals surface area contributed by atoms with E-state index in [0.717, 1.165) is 55.6 Å². The van der Waals surface area contributed by atoms with Gasteiger partial charge in [-0.3, -0.25) is 19.1 Å². The zero-order chi connectivity index (χ0) is 31.1. The molecule has 2 saturated heterocycles. The molecule has 0 radical (unpaired) electrons. The van der Waals surface area contributed by atoms with Gasteiger partial charge in [-0.15, -0.1) is 0 Å². The number of amides is 1. The molecule has 0 spiro atoms. The highest BCUT2D eigenvalue weighted by molar-refractivity contribution is 8.26. The molecule has 3 heterocycles. The van der Waals surface area contributed by atoms with E-state index in [-0.39, 0.29) is 22.8 Å². The van der Waals surface area contributed by atoms with Crippen molar-refractivity contribution >= 4 is 51.8 Å². The van der Waals surface area contributed by atoms with Crippen LogP contribution in [0, 0.1) is 30.0 Å². The minimum absolute atomic E-state index is 0.108. The second kappa shape index (κ2) is 15.0. The molecule has 2 aromatic rings. The number of nitriles is 1. The van der Waals surface area contributed by atoms with E-state index in [2.05, 4.69) is 36.6 Å². The normalized spacial score (nSPS) is 17.2. The Morgan fingerprint density at radius 1 is 1.05 bits per heavy atom. The van der Waals surface area contributed by atoms with Crippen LogP contribution < -0.4 is 15.4 Å². The van der Waals surface area contributed by atoms with Crippen molar-refractivity contribution in [2.24, 2.45) is 5.92 Å². The lowest BCUT2D eigenvalue weighted by atomic mass is 9.99. The Kier molecular flexibility index (Phi) is 11.4. The summed E-state index contributed by atoms with van der Waals surface area (Å²) < 4.78 is 15.8. The maximum Gasteiger partial charge on any atom is 0.270 e. The summed E-state index contributed by atoms with van der Waals surface area (Å²) in [6, 6.07) is 8.65. The van der Waals surface area contributed by atoms with Crippen LogP contribution in [0.5, 0.6) is 0 Å². The number of hydrogen-bond donors (Lipinski definition) is 0. The van der Waals surface area contributed by atoms with Crippen molar-refractivity contribution < 1.29 is 9.18 Å². The van der Waals surface area contributed by atoms with E-state index < -0.39 is 0 Å². The first-order valence-corrected chi connectivity index (χ1v) is 16.6. The molecule has 2 aliphatic heterocycles. The molecule has 1 unspecified atom stereocenters. The summed E-state index contributed by atoms with van der Waals surface area (Å²) in [5, 5.41) is 10.0. The molecule has 7 nitrogen and oxygen atoms in total. The minimum Gasteiger partial charge on any atom is -0.368 e. The summed E-state index contributed by atoms with van der Waals surface area (Å²) in [6.07, 6.45) is 7.81. The number of carbonyl (C=O) groups excluding carboxylic acids is 1. The molecule has 1 aromatic heterocycles. The number of halogens is 1. The van der Waals surface area contributed by atoms with Crippen LogP contribution in [0.25, 0.3) is 6.08 Å². The van der Waals surface area contributed by atoms with Crippen LogP contribution in [0.3, 0.4) is 0 Å². The summed E-state index contributed by atoms with van der Waals surface area (Å²) in [5.74, 6) is 0.754. The van der Waals surface area contributed by atoms with Crippen molar-refractivity contribution in [2.75, 3.05) is 42.5 Å². The Balaban J connectivity index is 1.73. The average molecular weight is 624 g/mol. The Bertz CT molecular complexity index is 1460. The first-order valence-electron chi connectivity index (χ1n) is 15.4. The predicted molar refractivity (Wildman–Crippen MR) is 179 cm³/mol. The summed E-state index contributed by atoms with van der Waals surface area (Å²) >= 11 is 6.98. The fraction of sp³-hybridized carbons (Fsp3) is 0.515. The summed E-state index contributed by atoms with van der Waals surface area (Å²) in [4.78, 5) is 34.0. The third-order valence-corrected chi connectivity index (χ3v) is 9.86. The van der Waals surface area contributed by atoms with Crippen molar-refractivity contribution in [3.05, 3.63) is 62.0 Å². The SMILES string of the molecule is CCCCC(CC)CN1C(=O)C(=Cc2c(C)c(C#N)c(=O)n(CCCC)c2N2CCN(c3ccc(F)cc3)CC2)SC1=S. The Labute approximate surface area is 264 Å². The number of unbranched alkanes of at least 4 members (excludes halogenated alkanes) is 2. The molecule has 0 saturated carbocycles. The highest BCUT2D eigenvalue weighted by Crippen LogP contribution is 2.37. The largest absolute Gasteiger partial charge is 0.368 e. The fourth-order valence-corrected chi connectivity index (χ4v) is 7.06. The highest BCUT2D eigenvalue weighted by atomic mass is 32.2. The number of piperazine rings is 1. The van der Waals surface area contributed by atoms with Gasteiger partial charge in [0.15, 0.2) is 0 Å². The van der Waals surface area contributed by atoms with Crippen molar-refractivity contribution in [1.29, 1.82) is 5.26 Å². The zero-order valence-electron chi connectivity index (χ0n) is 25.7. The van der Waals surface area contributed by atoms with Crippen LogP contribution in [-0.4, -0.2) is 52.4 Å². The molecular formula is C33H42FN5O2S2. The van der Waals surface area contributed by atoms with E-state index in [1.165, 1.54) is 23.9 Å². The summed E-state index contributed by atoms with van der Waals surface area (Å²) in [7, 11) is 0. The number of pyridine rings is 1. The van der Waals surface area contributed by atoms with Crippen LogP contribution in [0.4, 0.5) is 15.9 Å². The third kappa shape index (κ3) is 7.32. The van der Waals surface area contributed by atoms with Gasteiger partial charge in [0.25, 0.3) is 11.5 Å². The number of aromatic nitrogens is 1. The molecule has 43 heavy (non-hydrogen) atoms. The number of nitrogens with zero attached hydrogens (tertiary/aromatic N) is 5. The molecule has 2 fully saturated rings. The van der Waals surface area contributed by atoms with Gasteiger partial charge in [0, 0.05) is 50.5 Å². The number of benzene rings is 1. The molecule has 2 aliphatic rings. The minimum atomic E-state index is -0.296. The van der Waals surface area contributed by atoms with Gasteiger partial charge in [0.05, 0.1) is 4.91 Å². The number of rotatable bonds is 12. The van der Waals surface area contributed by atoms with E-state index in [1.807, 2.05) is 6.08 Å². The number of thioether (sulfide) groups is 1. The lowest BCUT2D eigenvalue weighted by Gasteiger charge is -2.39. The van der Waals surface area contributed by atoms with E-state index in [1.54, 1.807) is 28.5 Å². The number of thiocarbonyl (C=S) groups is 1. The lowest BCUT2D eigenvalue weighted by Crippen LogP contribution is -2.48. The molecule has 10 heteroatoms. The number of anilines is 2. The van der Waals surface area contributed by atoms with Gasteiger partial charge in [-0.1, -0.05) is 70.4 Å². The molecule has 4 rings (SSSR count). The smallest absolute Gasteiger partial charge is 0.270 e. The van der Waals surface area contributed by atoms with Gasteiger partial charge in [0.2, 0.25) is 0 Å². The number of hydrogen-bond acceptors (Lipinski definition) is 7. The standard InChI is InChI=1S/C33H42FN5O2S2/c1-5-8-10-24(7-3)22-39-32(41)29(43-33(39)42)20-27-23(4)28(21-35)31(40)38(15-9-6-2)30(27)37-18-16-36(17-19-37)26-13-11-25(34)12-14-26/h11-14,20,24H,5-10,15-19,22H2,1-4H3. The molecule has 1 atom stereocenters. The van der Waals surface area contributed by atoms with E-state index in [4.69, 9.17) is 12.2 Å². The van der Waals surface area contributed by atoms with Crippen molar-refractivity contribution in [3.63, 3.8) is 0 Å². The molecule has 230 valence electrons. The molecule has 1 amide bonds. The van der Waals surface area contributed by atoms with Gasteiger partial charge in [-0.05, 0) is 61.6 Å². The Hall–Kier alpha value is -3.16. The number of carbonyl (C=O) groups is 1. The summed E-state index contributed by atoms with van der Waals surface area (Å²) in [6.45, 7) is 11.9. The van der Waals surface area contributed by atoms with E-state index in [9.17, 15) is 19.2 Å². The first kappa shape index (κ1) is 32.7. The first-order chi connectivity index (χ1) is 20.7. The van der Waals surface area contributed by atoms with Crippen molar-refractivity contribution in [1.82, 2.24) is 9.47 Å². The monoisotopic (exact) mass is 623 g/mol. The molecule has 0 N–H and O–H groups in total. The quantitative estimate of drug-likeness (QED) is 0.192. The van der Waals surface area contributed by atoms with E-state index >= 15 is 0 Å². The fourth-order valence-electron chi connectivity index (χ4n) is 5.80. The van der Waals surface area contributed by atoms with Crippen LogP contribution in [-0.2, 0) is 11.3 Å². The molecule has 1 aromatic carbocycles. The summed E-state index contributed by atoms with van der Waals surface area (Å²) in [5.41, 5.74) is 2.07. The second-order valence-electron chi connectivity index (χ2n) is 11.3. The molecule has 0 bridgehead atoms. The van der Waals surface area contributed by atoms with Crippen LogP contribution in [0.15, 0.2) is 34.0 Å². The van der Waals surface area contributed by atoms with Crippen molar-refractivity contribution in [3.8, 4) is 6.07 Å². The zero-order valence-corrected chi connectivity index (χ0v) is 27.3. The van der Waals surface area contributed by atoms with Gasteiger partial charge >= 0.3 is 0 Å². The van der Waals surface area contributed by atoms with Gasteiger partial charge in [-0.25, -0.2) is 4.39 Å². The highest BCUT2D eigenvalue weighted by Gasteiger charge is 2.34. The average Bonchev–Trinajstić information content (AvgIpc) is 3.27. The van der Waals surface area contributed by atoms with Gasteiger partial charge in [-0.2, -0.15) is 5.26 Å².